The predicted molar refractivity (Wildman–Crippen MR) is 77.1 cm³/mol. The number of benzene rings is 1. The zero-order valence-electron chi connectivity index (χ0n) is 11.1. The molecule has 1 aliphatic heterocycles. The topological polar surface area (TPSA) is 71.0 Å². The summed E-state index contributed by atoms with van der Waals surface area (Å²) in [6.07, 6.45) is -1.11. The van der Waals surface area contributed by atoms with E-state index in [0.717, 1.165) is 6.07 Å². The van der Waals surface area contributed by atoms with Crippen molar-refractivity contribution in [1.82, 2.24) is 5.32 Å². The minimum Gasteiger partial charge on any atom is -0.423 e. The van der Waals surface area contributed by atoms with Gasteiger partial charge in [0.1, 0.15) is 5.69 Å². The highest BCUT2D eigenvalue weighted by molar-refractivity contribution is 7.78. The van der Waals surface area contributed by atoms with E-state index >= 15 is 0 Å². The molecule has 1 aliphatic rings. The van der Waals surface area contributed by atoms with E-state index in [1.165, 1.54) is 17.0 Å². The lowest BCUT2D eigenvalue weighted by atomic mass is 10.2. The van der Waals surface area contributed by atoms with E-state index in [-0.39, 0.29) is 24.6 Å². The van der Waals surface area contributed by atoms with Gasteiger partial charge in [-0.3, -0.25) is 9.69 Å². The molecule has 1 heterocycles. The molecule has 0 saturated carbocycles. The summed E-state index contributed by atoms with van der Waals surface area (Å²) < 4.78 is 18.7. The highest BCUT2D eigenvalue weighted by Crippen LogP contribution is 2.26. The van der Waals surface area contributed by atoms with Crippen molar-refractivity contribution >= 4 is 40.8 Å². The third kappa shape index (κ3) is 3.42. The predicted octanol–water partition coefficient (Wildman–Crippen LogP) is 2.37. The van der Waals surface area contributed by atoms with Crippen LogP contribution in [0.3, 0.4) is 0 Å². The highest BCUT2D eigenvalue weighted by Gasteiger charge is 2.33. The molecule has 1 N–H and O–H groups in total. The Morgan fingerprint density at radius 1 is 1.67 bits per heavy atom. The molecule has 21 heavy (non-hydrogen) atoms. The molecule has 1 fully saturated rings. The largest absolute Gasteiger partial charge is 0.423 e. The maximum absolute atomic E-state index is 13.8. The van der Waals surface area contributed by atoms with Crippen LogP contribution in [0.5, 0.6) is 0 Å². The van der Waals surface area contributed by atoms with Crippen molar-refractivity contribution in [3.05, 3.63) is 24.0 Å². The van der Waals surface area contributed by atoms with Gasteiger partial charge in [-0.1, -0.05) is 6.92 Å². The number of ether oxygens (including phenoxy) is 1. The average molecular weight is 309 g/mol. The summed E-state index contributed by atoms with van der Waals surface area (Å²) in [6.45, 7) is 1.80. The standard InChI is InChI=1S/C13H12FN3O3S/c1-2-11(18)16-12-6-17(13(19)20-12)8-3-4-10(15-7-21)9(14)5-8/h3-5,12H,2,6H2,1H3,(H,16,18)/t12-/m0/s1. The summed E-state index contributed by atoms with van der Waals surface area (Å²) in [4.78, 5) is 27.8. The first-order valence-electron chi connectivity index (χ1n) is 6.20. The van der Waals surface area contributed by atoms with E-state index in [2.05, 4.69) is 27.7 Å². The minimum atomic E-state index is -0.744. The van der Waals surface area contributed by atoms with Gasteiger partial charge in [-0.2, -0.15) is 4.99 Å². The van der Waals surface area contributed by atoms with Crippen molar-refractivity contribution in [2.75, 3.05) is 11.4 Å². The Balaban J connectivity index is 2.15. The smallest absolute Gasteiger partial charge is 0.416 e. The van der Waals surface area contributed by atoms with Crippen molar-refractivity contribution in [3.8, 4) is 0 Å². The van der Waals surface area contributed by atoms with Crippen molar-refractivity contribution < 1.29 is 18.7 Å². The molecule has 1 atom stereocenters. The van der Waals surface area contributed by atoms with E-state index in [1.807, 2.05) is 0 Å². The SMILES string of the molecule is CCC(=O)N[C@@H]1CN(c2ccc(N=C=S)c(F)c2)C(=O)O1. The molecule has 110 valence electrons. The first-order chi connectivity index (χ1) is 10.0. The molecule has 0 spiro atoms. The van der Waals surface area contributed by atoms with Crippen LogP contribution in [0, 0.1) is 5.82 Å². The van der Waals surface area contributed by atoms with Crippen LogP contribution in [0.15, 0.2) is 23.2 Å². The number of cyclic esters (lactones) is 1. The number of aliphatic imine (C=N–C) groups is 1. The third-order valence-electron chi connectivity index (χ3n) is 2.86. The van der Waals surface area contributed by atoms with E-state index in [4.69, 9.17) is 4.74 Å². The number of isothiocyanates is 1. The van der Waals surface area contributed by atoms with Crippen LogP contribution in [0.1, 0.15) is 13.3 Å². The fourth-order valence-electron chi connectivity index (χ4n) is 1.83. The number of halogens is 1. The van der Waals surface area contributed by atoms with Crippen LogP contribution in [0.2, 0.25) is 0 Å². The number of rotatable bonds is 4. The molecule has 0 aliphatic carbocycles. The normalized spacial score (nSPS) is 17.1. The zero-order chi connectivity index (χ0) is 15.4. The lowest BCUT2D eigenvalue weighted by Crippen LogP contribution is -2.37. The summed E-state index contributed by atoms with van der Waals surface area (Å²) in [5.74, 6) is -0.856. The summed E-state index contributed by atoms with van der Waals surface area (Å²) >= 11 is 4.41. The van der Waals surface area contributed by atoms with E-state index in [0.29, 0.717) is 5.69 Å². The summed E-state index contributed by atoms with van der Waals surface area (Å²) in [5.41, 5.74) is 0.353. The molecule has 8 heteroatoms. The molecule has 1 aromatic rings. The van der Waals surface area contributed by atoms with Gasteiger partial charge in [0.15, 0.2) is 12.0 Å². The molecule has 1 aromatic carbocycles. The third-order valence-corrected chi connectivity index (χ3v) is 2.96. The van der Waals surface area contributed by atoms with E-state index in [1.54, 1.807) is 6.92 Å². The summed E-state index contributed by atoms with van der Waals surface area (Å²) in [7, 11) is 0. The summed E-state index contributed by atoms with van der Waals surface area (Å²) in [5, 5.41) is 4.62. The number of thiocarbonyl (C=S) groups is 1. The number of nitrogens with one attached hydrogen (secondary N) is 1. The lowest BCUT2D eigenvalue weighted by Gasteiger charge is -2.13. The van der Waals surface area contributed by atoms with Gasteiger partial charge in [0.25, 0.3) is 0 Å². The van der Waals surface area contributed by atoms with Crippen LogP contribution >= 0.6 is 12.2 Å². The van der Waals surface area contributed by atoms with Crippen LogP contribution in [0.25, 0.3) is 0 Å². The highest BCUT2D eigenvalue weighted by atomic mass is 32.1. The van der Waals surface area contributed by atoms with Gasteiger partial charge in [0.2, 0.25) is 5.91 Å². The van der Waals surface area contributed by atoms with Gasteiger partial charge in [-0.15, -0.1) is 0 Å². The molecule has 0 aromatic heterocycles. The lowest BCUT2D eigenvalue weighted by molar-refractivity contribution is -0.123. The molecular formula is C13H12FN3O3S. The molecule has 2 amide bonds. The molecule has 6 nitrogen and oxygen atoms in total. The Labute approximate surface area is 125 Å². The van der Waals surface area contributed by atoms with Gasteiger partial charge < -0.3 is 10.1 Å². The van der Waals surface area contributed by atoms with Gasteiger partial charge in [0, 0.05) is 12.5 Å². The maximum Gasteiger partial charge on any atom is 0.416 e. The van der Waals surface area contributed by atoms with Crippen LogP contribution in [-0.2, 0) is 9.53 Å². The molecule has 0 bridgehead atoms. The maximum atomic E-state index is 13.8. The average Bonchev–Trinajstić information content (AvgIpc) is 2.81. The fourth-order valence-corrected chi connectivity index (χ4v) is 1.93. The number of amides is 2. The molecular weight excluding hydrogens is 297 g/mol. The Kier molecular flexibility index (Phi) is 4.62. The molecule has 0 unspecified atom stereocenters. The first kappa shape index (κ1) is 15.1. The second kappa shape index (κ2) is 6.43. The second-order valence-corrected chi connectivity index (χ2v) is 4.43. The molecule has 2 rings (SSSR count). The van der Waals surface area contributed by atoms with Gasteiger partial charge in [-0.25, -0.2) is 9.18 Å². The second-order valence-electron chi connectivity index (χ2n) is 4.24. The van der Waals surface area contributed by atoms with Crippen molar-refractivity contribution in [2.24, 2.45) is 4.99 Å². The van der Waals surface area contributed by atoms with Crippen molar-refractivity contribution in [3.63, 3.8) is 0 Å². The Hall–Kier alpha value is -2.31. The Morgan fingerprint density at radius 3 is 3.05 bits per heavy atom. The van der Waals surface area contributed by atoms with Crippen LogP contribution in [0.4, 0.5) is 20.6 Å². The number of anilines is 1. The number of carbonyl (C=O) groups excluding carboxylic acids is 2. The molecule has 1 saturated heterocycles. The van der Waals surface area contributed by atoms with Crippen molar-refractivity contribution in [1.29, 1.82) is 0 Å². The quantitative estimate of drug-likeness (QED) is 0.684. The Morgan fingerprint density at radius 2 is 2.43 bits per heavy atom. The number of carbonyl (C=O) groups is 2. The van der Waals surface area contributed by atoms with Gasteiger partial charge in [-0.05, 0) is 24.4 Å². The van der Waals surface area contributed by atoms with Crippen LogP contribution in [-0.4, -0.2) is 29.9 Å². The fraction of sp³-hybridized carbons (Fsp3) is 0.308. The zero-order valence-corrected chi connectivity index (χ0v) is 11.9. The number of nitrogens with zero attached hydrogens (tertiary/aromatic N) is 2. The minimum absolute atomic E-state index is 0.0390. The first-order valence-corrected chi connectivity index (χ1v) is 6.61. The Bertz CT molecular complexity index is 631. The van der Waals surface area contributed by atoms with Crippen LogP contribution < -0.4 is 10.2 Å². The van der Waals surface area contributed by atoms with E-state index < -0.39 is 18.1 Å². The van der Waals surface area contributed by atoms with Gasteiger partial charge in [0.05, 0.1) is 17.4 Å². The number of hydrogen-bond acceptors (Lipinski definition) is 5. The van der Waals surface area contributed by atoms with E-state index in [9.17, 15) is 14.0 Å². The van der Waals surface area contributed by atoms with Gasteiger partial charge >= 0.3 is 6.09 Å². The number of hydrogen-bond donors (Lipinski definition) is 1. The van der Waals surface area contributed by atoms with Crippen molar-refractivity contribution in [2.45, 2.75) is 19.6 Å². The summed E-state index contributed by atoms with van der Waals surface area (Å²) in [6, 6.07) is 4.05. The monoisotopic (exact) mass is 309 g/mol. The molecule has 0 radical (unpaired) electrons.